The molecule has 0 aliphatic heterocycles. The van der Waals surface area contributed by atoms with E-state index in [1.807, 2.05) is 0 Å². The SMILES string of the molecule is Clc1c[c]c(OCc2cnco2)cc1. The highest BCUT2D eigenvalue weighted by molar-refractivity contribution is 6.30. The van der Waals surface area contributed by atoms with E-state index in [1.54, 1.807) is 24.4 Å². The number of hydrogen-bond donors (Lipinski definition) is 0. The van der Waals surface area contributed by atoms with Crippen LogP contribution in [0.15, 0.2) is 35.2 Å². The first-order valence-corrected chi connectivity index (χ1v) is 4.40. The molecule has 2 rings (SSSR count). The number of nitrogens with zero attached hydrogens (tertiary/aromatic N) is 1. The molecular formula is C10H7ClNO2. The molecule has 1 radical (unpaired) electrons. The second-order valence-electron chi connectivity index (χ2n) is 2.63. The molecule has 0 saturated carbocycles. The van der Waals surface area contributed by atoms with Crippen molar-refractivity contribution in [2.45, 2.75) is 6.61 Å². The number of aromatic nitrogens is 1. The van der Waals surface area contributed by atoms with Crippen LogP contribution in [-0.4, -0.2) is 4.98 Å². The summed E-state index contributed by atoms with van der Waals surface area (Å²) in [7, 11) is 0. The van der Waals surface area contributed by atoms with Crippen LogP contribution in [0.1, 0.15) is 5.76 Å². The highest BCUT2D eigenvalue weighted by Crippen LogP contribution is 2.15. The van der Waals surface area contributed by atoms with Gasteiger partial charge in [0.15, 0.2) is 12.2 Å². The van der Waals surface area contributed by atoms with Gasteiger partial charge in [0.2, 0.25) is 0 Å². The Morgan fingerprint density at radius 1 is 1.50 bits per heavy atom. The minimum atomic E-state index is 0.345. The third-order valence-corrected chi connectivity index (χ3v) is 1.83. The van der Waals surface area contributed by atoms with Crippen molar-refractivity contribution >= 4 is 11.6 Å². The van der Waals surface area contributed by atoms with Crippen molar-refractivity contribution < 1.29 is 9.15 Å². The zero-order valence-corrected chi connectivity index (χ0v) is 7.99. The van der Waals surface area contributed by atoms with E-state index in [4.69, 9.17) is 20.8 Å². The minimum absolute atomic E-state index is 0.345. The highest BCUT2D eigenvalue weighted by Gasteiger charge is 1.98. The number of benzene rings is 1. The lowest BCUT2D eigenvalue weighted by atomic mass is 10.3. The van der Waals surface area contributed by atoms with E-state index in [0.29, 0.717) is 23.1 Å². The lowest BCUT2D eigenvalue weighted by Crippen LogP contribution is -1.93. The van der Waals surface area contributed by atoms with Crippen molar-refractivity contribution in [3.8, 4) is 5.75 Å². The molecule has 1 aromatic heterocycles. The predicted octanol–water partition coefficient (Wildman–Crippen LogP) is 2.71. The fraction of sp³-hybridized carbons (Fsp3) is 0.100. The third-order valence-electron chi connectivity index (χ3n) is 1.60. The van der Waals surface area contributed by atoms with E-state index < -0.39 is 0 Å². The molecule has 71 valence electrons. The lowest BCUT2D eigenvalue weighted by Gasteiger charge is -2.02. The van der Waals surface area contributed by atoms with Crippen LogP contribution in [-0.2, 0) is 6.61 Å². The van der Waals surface area contributed by atoms with Crippen LogP contribution >= 0.6 is 11.6 Å². The molecule has 4 heteroatoms. The number of oxazole rings is 1. The summed E-state index contributed by atoms with van der Waals surface area (Å²) in [5.74, 6) is 1.30. The average molecular weight is 209 g/mol. The Labute approximate surface area is 86.3 Å². The first-order chi connectivity index (χ1) is 6.84. The second-order valence-corrected chi connectivity index (χ2v) is 3.06. The maximum atomic E-state index is 5.70. The zero-order valence-electron chi connectivity index (χ0n) is 7.24. The molecule has 1 aromatic carbocycles. The largest absolute Gasteiger partial charge is 0.485 e. The van der Waals surface area contributed by atoms with Crippen molar-refractivity contribution in [1.29, 1.82) is 0 Å². The second kappa shape index (κ2) is 4.15. The quantitative estimate of drug-likeness (QED) is 0.778. The molecule has 14 heavy (non-hydrogen) atoms. The van der Waals surface area contributed by atoms with Crippen molar-refractivity contribution in [2.75, 3.05) is 0 Å². The zero-order chi connectivity index (χ0) is 9.80. The Kier molecular flexibility index (Phi) is 2.70. The summed E-state index contributed by atoms with van der Waals surface area (Å²) in [5.41, 5.74) is 0. The van der Waals surface area contributed by atoms with E-state index in [1.165, 1.54) is 6.39 Å². The van der Waals surface area contributed by atoms with E-state index in [0.717, 1.165) is 0 Å². The van der Waals surface area contributed by atoms with Gasteiger partial charge >= 0.3 is 0 Å². The number of halogens is 1. The highest BCUT2D eigenvalue weighted by atomic mass is 35.5. The monoisotopic (exact) mass is 208 g/mol. The van der Waals surface area contributed by atoms with E-state index >= 15 is 0 Å². The minimum Gasteiger partial charge on any atom is -0.485 e. The average Bonchev–Trinajstić information content (AvgIpc) is 2.70. The third kappa shape index (κ3) is 2.26. The Balaban J connectivity index is 1.95. The van der Waals surface area contributed by atoms with Gasteiger partial charge in [-0.2, -0.15) is 0 Å². The van der Waals surface area contributed by atoms with Crippen molar-refractivity contribution in [3.63, 3.8) is 0 Å². The summed E-state index contributed by atoms with van der Waals surface area (Å²) in [5, 5.41) is 0.636. The Morgan fingerprint density at radius 2 is 2.43 bits per heavy atom. The first-order valence-electron chi connectivity index (χ1n) is 4.02. The smallest absolute Gasteiger partial charge is 0.181 e. The van der Waals surface area contributed by atoms with Gasteiger partial charge in [-0.25, -0.2) is 4.98 Å². The number of hydrogen-bond acceptors (Lipinski definition) is 3. The first kappa shape index (κ1) is 9.09. The maximum absolute atomic E-state index is 5.70. The van der Waals surface area contributed by atoms with Gasteiger partial charge in [0, 0.05) is 11.1 Å². The van der Waals surface area contributed by atoms with Gasteiger partial charge in [0.25, 0.3) is 0 Å². The molecule has 0 N–H and O–H groups in total. The molecule has 3 nitrogen and oxygen atoms in total. The standard InChI is InChI=1S/C10H7ClNO2/c11-8-1-3-9(4-2-8)13-6-10-5-12-7-14-10/h1-3,5,7H,6H2. The number of ether oxygens (including phenoxy) is 1. The Morgan fingerprint density at radius 3 is 3.07 bits per heavy atom. The van der Waals surface area contributed by atoms with Gasteiger partial charge in [-0.05, 0) is 18.2 Å². The van der Waals surface area contributed by atoms with Gasteiger partial charge in [-0.15, -0.1) is 0 Å². The fourth-order valence-corrected chi connectivity index (χ4v) is 1.06. The topological polar surface area (TPSA) is 35.3 Å². The Bertz CT molecular complexity index is 383. The summed E-state index contributed by atoms with van der Waals surface area (Å²) in [6.45, 7) is 0.345. The van der Waals surface area contributed by atoms with Crippen molar-refractivity contribution in [1.82, 2.24) is 4.98 Å². The maximum Gasteiger partial charge on any atom is 0.181 e. The molecule has 0 spiro atoms. The molecule has 0 fully saturated rings. The van der Waals surface area contributed by atoms with Gasteiger partial charge in [0.05, 0.1) is 6.20 Å². The molecule has 2 aromatic rings. The van der Waals surface area contributed by atoms with Crippen LogP contribution in [0.3, 0.4) is 0 Å². The van der Waals surface area contributed by atoms with Crippen LogP contribution in [0.25, 0.3) is 0 Å². The van der Waals surface area contributed by atoms with Gasteiger partial charge in [-0.3, -0.25) is 0 Å². The van der Waals surface area contributed by atoms with E-state index in [9.17, 15) is 0 Å². The Hall–Kier alpha value is -1.48. The van der Waals surface area contributed by atoms with Crippen LogP contribution in [0.4, 0.5) is 0 Å². The molecule has 0 bridgehead atoms. The van der Waals surface area contributed by atoms with E-state index in [2.05, 4.69) is 11.1 Å². The summed E-state index contributed by atoms with van der Waals surface area (Å²) in [4.78, 5) is 3.77. The van der Waals surface area contributed by atoms with Gasteiger partial charge < -0.3 is 9.15 Å². The molecule has 0 amide bonds. The van der Waals surface area contributed by atoms with Gasteiger partial charge in [0.1, 0.15) is 12.4 Å². The normalized spacial score (nSPS) is 10.1. The molecule has 0 saturated heterocycles. The fourth-order valence-electron chi connectivity index (χ4n) is 0.944. The summed E-state index contributed by atoms with van der Waals surface area (Å²) < 4.78 is 10.4. The summed E-state index contributed by atoms with van der Waals surface area (Å²) in [6, 6.07) is 8.03. The summed E-state index contributed by atoms with van der Waals surface area (Å²) >= 11 is 5.70. The van der Waals surface area contributed by atoms with Crippen LogP contribution < -0.4 is 4.74 Å². The van der Waals surface area contributed by atoms with Crippen LogP contribution in [0, 0.1) is 6.07 Å². The molecule has 0 unspecified atom stereocenters. The van der Waals surface area contributed by atoms with E-state index in [-0.39, 0.29) is 0 Å². The molecule has 1 heterocycles. The van der Waals surface area contributed by atoms with Crippen LogP contribution in [0.5, 0.6) is 5.75 Å². The van der Waals surface area contributed by atoms with Crippen LogP contribution in [0.2, 0.25) is 5.02 Å². The van der Waals surface area contributed by atoms with Gasteiger partial charge in [-0.1, -0.05) is 11.6 Å². The lowest BCUT2D eigenvalue weighted by molar-refractivity contribution is 0.269. The molecular weight excluding hydrogens is 202 g/mol. The molecule has 0 atom stereocenters. The molecule has 0 aliphatic rings. The predicted molar refractivity (Wildman–Crippen MR) is 51.1 cm³/mol. The molecule has 0 aliphatic carbocycles. The number of rotatable bonds is 3. The van der Waals surface area contributed by atoms with Crippen molar-refractivity contribution in [3.05, 3.63) is 47.6 Å². The summed E-state index contributed by atoms with van der Waals surface area (Å²) in [6.07, 6.45) is 2.97. The van der Waals surface area contributed by atoms with Crippen molar-refractivity contribution in [2.24, 2.45) is 0 Å².